The average Bonchev–Trinajstić information content (AvgIpc) is 3.25. The molecule has 10 heteroatoms. The van der Waals surface area contributed by atoms with E-state index in [-0.39, 0.29) is 11.9 Å². The zero-order valence-corrected chi connectivity index (χ0v) is 23.7. The third-order valence-corrected chi connectivity index (χ3v) is 7.11. The average molecular weight is 562 g/mol. The molecule has 0 bridgehead atoms. The van der Waals surface area contributed by atoms with Gasteiger partial charge in [-0.3, -0.25) is 9.59 Å². The van der Waals surface area contributed by atoms with Crippen LogP contribution in [0.15, 0.2) is 66.7 Å². The maximum Gasteiger partial charge on any atom is 0.321 e. The molecule has 0 saturated carbocycles. The fourth-order valence-electron chi connectivity index (χ4n) is 4.78. The van der Waals surface area contributed by atoms with Gasteiger partial charge in [0.05, 0.1) is 12.7 Å². The van der Waals surface area contributed by atoms with Crippen LogP contribution in [0.25, 0.3) is 0 Å². The first-order valence-corrected chi connectivity index (χ1v) is 13.8. The smallest absolute Gasteiger partial charge is 0.321 e. The number of urea groups is 1. The molecule has 1 heterocycles. The van der Waals surface area contributed by atoms with Crippen molar-refractivity contribution in [2.45, 2.75) is 20.3 Å². The minimum atomic E-state index is -0.424. The summed E-state index contributed by atoms with van der Waals surface area (Å²) in [7, 11) is 1.59. The zero-order valence-electron chi connectivity index (χ0n) is 23.7. The van der Waals surface area contributed by atoms with Crippen molar-refractivity contribution in [3.63, 3.8) is 0 Å². The second-order valence-corrected chi connectivity index (χ2v) is 9.66. The van der Waals surface area contributed by atoms with Crippen LogP contribution in [0.5, 0.6) is 5.75 Å². The Kier molecular flexibility index (Phi) is 9.78. The van der Waals surface area contributed by atoms with Gasteiger partial charge in [0.25, 0.3) is 11.8 Å². The van der Waals surface area contributed by atoms with Crippen molar-refractivity contribution in [1.29, 1.82) is 0 Å². The molecule has 1 aliphatic rings. The van der Waals surface area contributed by atoms with E-state index in [9.17, 15) is 18.8 Å². The summed E-state index contributed by atoms with van der Waals surface area (Å²) in [5, 5.41) is 5.76. The normalized spacial score (nSPS) is 13.3. The molecule has 0 atom stereocenters. The van der Waals surface area contributed by atoms with Crippen LogP contribution >= 0.6 is 0 Å². The van der Waals surface area contributed by atoms with Crippen LogP contribution in [0.3, 0.4) is 0 Å². The second kappa shape index (κ2) is 13.6. The van der Waals surface area contributed by atoms with Crippen molar-refractivity contribution < 1.29 is 23.5 Å². The maximum atomic E-state index is 13.6. The third-order valence-electron chi connectivity index (χ3n) is 7.11. The number of rotatable bonds is 8. The number of nitrogens with one attached hydrogen (secondary N) is 2. The van der Waals surface area contributed by atoms with Gasteiger partial charge in [-0.1, -0.05) is 0 Å². The molecule has 1 saturated heterocycles. The molecule has 0 unspecified atom stereocenters. The van der Waals surface area contributed by atoms with Gasteiger partial charge in [-0.05, 0) is 87.0 Å². The lowest BCUT2D eigenvalue weighted by Crippen LogP contribution is -2.38. The van der Waals surface area contributed by atoms with Crippen LogP contribution < -0.4 is 20.3 Å². The van der Waals surface area contributed by atoms with Gasteiger partial charge in [-0.25, -0.2) is 9.18 Å². The van der Waals surface area contributed by atoms with Crippen LogP contribution in [0.4, 0.5) is 26.2 Å². The Labute approximate surface area is 239 Å². The molecule has 1 fully saturated rings. The summed E-state index contributed by atoms with van der Waals surface area (Å²) in [6, 6.07) is 17.6. The summed E-state index contributed by atoms with van der Waals surface area (Å²) < 4.78 is 18.5. The fraction of sp³-hybridized carbons (Fsp3) is 0.323. The van der Waals surface area contributed by atoms with Gasteiger partial charge in [0.2, 0.25) is 0 Å². The Hall–Kier alpha value is -4.60. The number of methoxy groups -OCH3 is 1. The number of anilines is 3. The van der Waals surface area contributed by atoms with Crippen LogP contribution in [-0.4, -0.2) is 74.0 Å². The highest BCUT2D eigenvalue weighted by Crippen LogP contribution is 2.28. The largest absolute Gasteiger partial charge is 0.497 e. The fourth-order valence-corrected chi connectivity index (χ4v) is 4.78. The van der Waals surface area contributed by atoms with Crippen LogP contribution in [-0.2, 0) is 0 Å². The Balaban J connectivity index is 1.51. The van der Waals surface area contributed by atoms with E-state index in [0.29, 0.717) is 67.5 Å². The summed E-state index contributed by atoms with van der Waals surface area (Å²) >= 11 is 0. The monoisotopic (exact) mass is 561 g/mol. The number of carbonyl (C=O) groups is 3. The molecule has 0 spiro atoms. The van der Waals surface area contributed by atoms with Gasteiger partial charge in [0, 0.05) is 61.9 Å². The Morgan fingerprint density at radius 3 is 2.20 bits per heavy atom. The molecule has 4 amide bonds. The van der Waals surface area contributed by atoms with Crippen molar-refractivity contribution >= 4 is 34.9 Å². The van der Waals surface area contributed by atoms with Crippen molar-refractivity contribution in [1.82, 2.24) is 9.80 Å². The molecule has 0 aromatic heterocycles. The second-order valence-electron chi connectivity index (χ2n) is 9.66. The van der Waals surface area contributed by atoms with Crippen molar-refractivity contribution in [2.75, 3.05) is 61.9 Å². The van der Waals surface area contributed by atoms with E-state index in [1.807, 2.05) is 19.9 Å². The molecule has 2 N–H and O–H groups in total. The first-order chi connectivity index (χ1) is 19.8. The summed E-state index contributed by atoms with van der Waals surface area (Å²) in [5.74, 6) is -0.245. The standard InChI is InChI=1S/C31H36FN5O4/c1-4-35(5-2)30(39)27-21-25(33-29(38)22-7-9-23(32)10-8-22)13-16-28(27)36-17-6-18-37(20-19-36)31(40)34-24-11-14-26(41-3)15-12-24/h7-16,21H,4-6,17-20H2,1-3H3,(H,33,38)(H,34,40). The number of amides is 4. The number of hydrogen-bond donors (Lipinski definition) is 2. The van der Waals surface area contributed by atoms with Crippen molar-refractivity contribution in [3.8, 4) is 5.75 Å². The molecule has 0 aliphatic carbocycles. The number of benzene rings is 3. The predicted octanol–water partition coefficient (Wildman–Crippen LogP) is 5.31. The van der Waals surface area contributed by atoms with Crippen LogP contribution in [0.2, 0.25) is 0 Å². The molecule has 3 aromatic carbocycles. The van der Waals surface area contributed by atoms with Gasteiger partial charge in [0.15, 0.2) is 0 Å². The lowest BCUT2D eigenvalue weighted by Gasteiger charge is -2.28. The number of halogens is 1. The predicted molar refractivity (Wildman–Crippen MR) is 158 cm³/mol. The Morgan fingerprint density at radius 1 is 0.854 bits per heavy atom. The molecule has 41 heavy (non-hydrogen) atoms. The number of hydrogen-bond acceptors (Lipinski definition) is 5. The van der Waals surface area contributed by atoms with Gasteiger partial charge >= 0.3 is 6.03 Å². The Morgan fingerprint density at radius 2 is 1.54 bits per heavy atom. The highest BCUT2D eigenvalue weighted by atomic mass is 19.1. The molecule has 9 nitrogen and oxygen atoms in total. The third kappa shape index (κ3) is 7.33. The van der Waals surface area contributed by atoms with Gasteiger partial charge in [-0.2, -0.15) is 0 Å². The molecule has 4 rings (SSSR count). The number of nitrogens with zero attached hydrogens (tertiary/aromatic N) is 3. The van der Waals surface area contributed by atoms with Gasteiger partial charge in [-0.15, -0.1) is 0 Å². The van der Waals surface area contributed by atoms with E-state index in [1.54, 1.807) is 53.3 Å². The van der Waals surface area contributed by atoms with E-state index in [1.165, 1.54) is 24.3 Å². The SMILES string of the molecule is CCN(CC)C(=O)c1cc(NC(=O)c2ccc(F)cc2)ccc1N1CCCN(C(=O)Nc2ccc(OC)cc2)CC1. The highest BCUT2D eigenvalue weighted by molar-refractivity contribution is 6.06. The lowest BCUT2D eigenvalue weighted by molar-refractivity contribution is 0.0773. The van der Waals surface area contributed by atoms with E-state index < -0.39 is 11.7 Å². The van der Waals surface area contributed by atoms with Crippen molar-refractivity contribution in [3.05, 3.63) is 83.7 Å². The molecular weight excluding hydrogens is 525 g/mol. The van der Waals surface area contributed by atoms with Crippen LogP contribution in [0, 0.1) is 5.82 Å². The van der Waals surface area contributed by atoms with Crippen molar-refractivity contribution in [2.24, 2.45) is 0 Å². The minimum absolute atomic E-state index is 0.138. The zero-order chi connectivity index (χ0) is 29.4. The highest BCUT2D eigenvalue weighted by Gasteiger charge is 2.25. The topological polar surface area (TPSA) is 94.2 Å². The van der Waals surface area contributed by atoms with Gasteiger partial charge in [0.1, 0.15) is 11.6 Å². The number of ether oxygens (including phenoxy) is 1. The number of carbonyl (C=O) groups excluding carboxylic acids is 3. The maximum absolute atomic E-state index is 13.6. The molecule has 3 aromatic rings. The lowest BCUT2D eigenvalue weighted by atomic mass is 10.1. The summed E-state index contributed by atoms with van der Waals surface area (Å²) in [6.07, 6.45) is 0.720. The summed E-state index contributed by atoms with van der Waals surface area (Å²) in [4.78, 5) is 44.9. The molecule has 1 aliphatic heterocycles. The first kappa shape index (κ1) is 29.4. The van der Waals surface area contributed by atoms with Crippen LogP contribution in [0.1, 0.15) is 41.0 Å². The summed E-state index contributed by atoms with van der Waals surface area (Å²) in [6.45, 7) is 7.18. The van der Waals surface area contributed by atoms with Gasteiger partial charge < -0.3 is 30.1 Å². The Bertz CT molecular complexity index is 1360. The minimum Gasteiger partial charge on any atom is -0.497 e. The molecule has 0 radical (unpaired) electrons. The quantitative estimate of drug-likeness (QED) is 0.389. The first-order valence-electron chi connectivity index (χ1n) is 13.8. The van der Waals surface area contributed by atoms with E-state index in [2.05, 4.69) is 15.5 Å². The summed E-state index contributed by atoms with van der Waals surface area (Å²) in [5.41, 5.74) is 2.68. The van der Waals surface area contributed by atoms with E-state index in [4.69, 9.17) is 4.74 Å². The van der Waals surface area contributed by atoms with E-state index >= 15 is 0 Å². The van der Waals surface area contributed by atoms with E-state index in [0.717, 1.165) is 12.1 Å². The molecular formula is C31H36FN5O4. The molecule has 216 valence electrons.